The number of hydrogen-bond donors (Lipinski definition) is 2. The summed E-state index contributed by atoms with van der Waals surface area (Å²) in [4.78, 5) is 11.6. The Hall–Kier alpha value is -3.11. The summed E-state index contributed by atoms with van der Waals surface area (Å²) in [6.07, 6.45) is -1.19. The third kappa shape index (κ3) is 3.78. The van der Waals surface area contributed by atoms with Gasteiger partial charge in [-0.25, -0.2) is 9.97 Å². The van der Waals surface area contributed by atoms with Gasteiger partial charge in [0, 0.05) is 29.9 Å². The topological polar surface area (TPSA) is 93.7 Å². The van der Waals surface area contributed by atoms with E-state index in [0.29, 0.717) is 17.8 Å². The average molecular weight is 398 g/mol. The highest BCUT2D eigenvalue weighted by molar-refractivity contribution is 5.55. The van der Waals surface area contributed by atoms with Gasteiger partial charge in [-0.15, -0.1) is 0 Å². The molecule has 8 nitrogen and oxygen atoms in total. The minimum absolute atomic E-state index is 0.0307. The molecule has 3 heterocycles. The number of alkyl halides is 3. The molecule has 0 spiro atoms. The van der Waals surface area contributed by atoms with Crippen molar-refractivity contribution in [2.75, 3.05) is 17.2 Å². The first-order valence-corrected chi connectivity index (χ1v) is 8.30. The van der Waals surface area contributed by atoms with Gasteiger partial charge in [0.2, 0.25) is 11.8 Å². The Morgan fingerprint density at radius 3 is 2.68 bits per heavy atom. The number of nitrogens with one attached hydrogen (secondary N) is 2. The SMILES string of the molecule is [2H]C([2H])([2H])n1nc(C(C)(C)c2ncco2)cc1Nc1ncc(C(F)(F)F)c(NCC)n1. The molecule has 0 atom stereocenters. The van der Waals surface area contributed by atoms with Gasteiger partial charge in [-0.3, -0.25) is 4.68 Å². The smallest absolute Gasteiger partial charge is 0.421 e. The summed E-state index contributed by atoms with van der Waals surface area (Å²) in [6.45, 7) is 2.63. The van der Waals surface area contributed by atoms with E-state index in [2.05, 4.69) is 30.7 Å². The van der Waals surface area contributed by atoms with Crippen LogP contribution in [0.25, 0.3) is 0 Å². The van der Waals surface area contributed by atoms with Crippen molar-refractivity contribution in [1.82, 2.24) is 24.7 Å². The second-order valence-corrected chi connectivity index (χ2v) is 6.40. The molecule has 0 aliphatic rings. The Morgan fingerprint density at radius 1 is 1.29 bits per heavy atom. The van der Waals surface area contributed by atoms with Crippen LogP contribution in [-0.2, 0) is 18.6 Å². The van der Waals surface area contributed by atoms with Gasteiger partial charge in [0.25, 0.3) is 0 Å². The summed E-state index contributed by atoms with van der Waals surface area (Å²) in [5.74, 6) is -0.367. The lowest BCUT2D eigenvalue weighted by atomic mass is 9.89. The molecule has 0 fully saturated rings. The van der Waals surface area contributed by atoms with Crippen molar-refractivity contribution in [2.45, 2.75) is 32.4 Å². The molecule has 0 saturated heterocycles. The fourth-order valence-electron chi connectivity index (χ4n) is 2.48. The molecular formula is C17H20F3N7O. The summed E-state index contributed by atoms with van der Waals surface area (Å²) in [5, 5.41) is 9.35. The van der Waals surface area contributed by atoms with E-state index in [-0.39, 0.29) is 18.3 Å². The molecule has 3 rings (SSSR count). The molecule has 0 amide bonds. The fourth-order valence-corrected chi connectivity index (χ4v) is 2.48. The van der Waals surface area contributed by atoms with Crippen molar-refractivity contribution in [3.05, 3.63) is 41.9 Å². The predicted molar refractivity (Wildman–Crippen MR) is 96.3 cm³/mol. The van der Waals surface area contributed by atoms with E-state index in [1.807, 2.05) is 0 Å². The number of aryl methyl sites for hydroxylation is 1. The van der Waals surface area contributed by atoms with Crippen LogP contribution in [0.1, 0.15) is 42.0 Å². The quantitative estimate of drug-likeness (QED) is 0.654. The molecule has 150 valence electrons. The minimum Gasteiger partial charge on any atom is -0.448 e. The number of oxazole rings is 1. The normalized spacial score (nSPS) is 14.3. The Balaban J connectivity index is 2.03. The second kappa shape index (κ2) is 7.13. The maximum atomic E-state index is 13.2. The minimum atomic E-state index is -4.65. The summed E-state index contributed by atoms with van der Waals surface area (Å²) in [5.41, 5.74) is -1.60. The van der Waals surface area contributed by atoms with Crippen molar-refractivity contribution in [1.29, 1.82) is 0 Å². The molecule has 0 radical (unpaired) electrons. The van der Waals surface area contributed by atoms with E-state index in [1.165, 1.54) is 18.5 Å². The van der Waals surface area contributed by atoms with E-state index in [0.717, 1.165) is 4.68 Å². The molecule has 0 aliphatic carbocycles. The Kier molecular flexibility index (Phi) is 4.05. The van der Waals surface area contributed by atoms with E-state index < -0.39 is 29.9 Å². The van der Waals surface area contributed by atoms with Crippen molar-refractivity contribution in [2.24, 2.45) is 6.98 Å². The van der Waals surface area contributed by atoms with E-state index in [4.69, 9.17) is 8.53 Å². The third-order valence-electron chi connectivity index (χ3n) is 3.99. The summed E-state index contributed by atoms with van der Waals surface area (Å²) in [6, 6.07) is 1.44. The van der Waals surface area contributed by atoms with E-state index in [1.54, 1.807) is 20.8 Å². The molecule has 3 aromatic rings. The van der Waals surface area contributed by atoms with Crippen LogP contribution in [0.15, 0.2) is 29.1 Å². The van der Waals surface area contributed by atoms with Crippen LogP contribution in [0.3, 0.4) is 0 Å². The molecular weight excluding hydrogens is 375 g/mol. The first kappa shape index (κ1) is 15.9. The fraction of sp³-hybridized carbons (Fsp3) is 0.412. The lowest BCUT2D eigenvalue weighted by Gasteiger charge is -2.17. The lowest BCUT2D eigenvalue weighted by molar-refractivity contribution is -0.137. The summed E-state index contributed by atoms with van der Waals surface area (Å²) >= 11 is 0. The number of anilines is 3. The lowest BCUT2D eigenvalue weighted by Crippen LogP contribution is -2.20. The monoisotopic (exact) mass is 398 g/mol. The van der Waals surface area contributed by atoms with Gasteiger partial charge in [-0.1, -0.05) is 0 Å². The summed E-state index contributed by atoms with van der Waals surface area (Å²) < 4.78 is 68.8. The molecule has 0 aliphatic heterocycles. The van der Waals surface area contributed by atoms with Crippen LogP contribution in [0, 0.1) is 0 Å². The number of rotatable bonds is 6. The summed E-state index contributed by atoms with van der Waals surface area (Å²) in [7, 11) is 0. The van der Waals surface area contributed by atoms with Crippen molar-refractivity contribution >= 4 is 17.6 Å². The van der Waals surface area contributed by atoms with Crippen molar-refractivity contribution in [3.8, 4) is 0 Å². The number of nitrogens with zero attached hydrogens (tertiary/aromatic N) is 5. The predicted octanol–water partition coefficient (Wildman–Crippen LogP) is 3.72. The average Bonchev–Trinajstić information content (AvgIpc) is 3.31. The van der Waals surface area contributed by atoms with Crippen molar-refractivity contribution < 1.29 is 21.7 Å². The first-order valence-electron chi connectivity index (χ1n) is 9.80. The zero-order valence-electron chi connectivity index (χ0n) is 18.3. The van der Waals surface area contributed by atoms with Gasteiger partial charge >= 0.3 is 6.18 Å². The van der Waals surface area contributed by atoms with Gasteiger partial charge in [-0.2, -0.15) is 23.3 Å². The Morgan fingerprint density at radius 2 is 2.07 bits per heavy atom. The van der Waals surface area contributed by atoms with Gasteiger partial charge in [-0.05, 0) is 20.8 Å². The number of halogens is 3. The molecule has 0 saturated carbocycles. The highest BCUT2D eigenvalue weighted by atomic mass is 19.4. The Bertz CT molecular complexity index is 1050. The molecule has 0 bridgehead atoms. The standard InChI is InChI=1S/C17H20F3N7O/c1-5-21-13-10(17(18,19)20)9-23-15(25-13)24-12-8-11(26-27(12)4)16(2,3)14-22-6-7-28-14/h6-9H,5H2,1-4H3,(H2,21,23,24,25)/i4D3. The van der Waals surface area contributed by atoms with Gasteiger partial charge < -0.3 is 15.1 Å². The van der Waals surface area contributed by atoms with Crippen LogP contribution in [0.4, 0.5) is 30.8 Å². The van der Waals surface area contributed by atoms with Gasteiger partial charge in [0.15, 0.2) is 0 Å². The molecule has 28 heavy (non-hydrogen) atoms. The molecule has 0 unspecified atom stereocenters. The molecule has 0 aromatic carbocycles. The zero-order valence-corrected chi connectivity index (χ0v) is 15.3. The van der Waals surface area contributed by atoms with E-state index in [9.17, 15) is 13.2 Å². The Labute approximate surface area is 163 Å². The van der Waals surface area contributed by atoms with Crippen LogP contribution >= 0.6 is 0 Å². The molecule has 2 N–H and O–H groups in total. The zero-order chi connectivity index (χ0) is 23.0. The van der Waals surface area contributed by atoms with Crippen LogP contribution in [0.2, 0.25) is 0 Å². The molecule has 11 heteroatoms. The second-order valence-electron chi connectivity index (χ2n) is 6.40. The number of aromatic nitrogens is 5. The van der Waals surface area contributed by atoms with Crippen LogP contribution in [-0.4, -0.2) is 31.3 Å². The van der Waals surface area contributed by atoms with Crippen molar-refractivity contribution in [3.63, 3.8) is 0 Å². The maximum Gasteiger partial charge on any atom is 0.421 e. The van der Waals surface area contributed by atoms with Crippen LogP contribution < -0.4 is 10.6 Å². The van der Waals surface area contributed by atoms with Gasteiger partial charge in [0.05, 0.1) is 17.3 Å². The first-order chi connectivity index (χ1) is 14.3. The highest BCUT2D eigenvalue weighted by Gasteiger charge is 2.35. The van der Waals surface area contributed by atoms with E-state index >= 15 is 0 Å². The molecule has 3 aromatic heterocycles. The largest absolute Gasteiger partial charge is 0.448 e. The van der Waals surface area contributed by atoms with Crippen LogP contribution in [0.5, 0.6) is 0 Å². The van der Waals surface area contributed by atoms with Gasteiger partial charge in [0.1, 0.15) is 23.5 Å². The highest BCUT2D eigenvalue weighted by Crippen LogP contribution is 2.34. The maximum absolute atomic E-state index is 13.2. The third-order valence-corrected chi connectivity index (χ3v) is 3.99. The number of hydrogen-bond acceptors (Lipinski definition) is 7.